The molecule has 0 aromatic heterocycles. The zero-order valence-corrected chi connectivity index (χ0v) is 16.0. The first-order valence-corrected chi connectivity index (χ1v) is 9.76. The molecule has 0 fully saturated rings. The summed E-state index contributed by atoms with van der Waals surface area (Å²) in [5.41, 5.74) is 4.81. The van der Waals surface area contributed by atoms with Gasteiger partial charge in [-0.15, -0.1) is 0 Å². The number of anilines is 1. The highest BCUT2D eigenvalue weighted by atomic mass is 16.5. The first-order chi connectivity index (χ1) is 12.6. The predicted molar refractivity (Wildman–Crippen MR) is 107 cm³/mol. The molecule has 0 spiro atoms. The lowest BCUT2D eigenvalue weighted by Crippen LogP contribution is -2.32. The van der Waals surface area contributed by atoms with Crippen molar-refractivity contribution in [2.24, 2.45) is 0 Å². The highest BCUT2D eigenvalue weighted by molar-refractivity contribution is 5.95. The van der Waals surface area contributed by atoms with E-state index in [1.807, 2.05) is 31.2 Å². The summed E-state index contributed by atoms with van der Waals surface area (Å²) < 4.78 is 6.05. The minimum absolute atomic E-state index is 0.0849. The number of carbonyl (C=O) groups excluding carboxylic acids is 1. The molecular weight excluding hydrogens is 322 g/mol. The van der Waals surface area contributed by atoms with E-state index >= 15 is 0 Å². The molecule has 0 heterocycles. The Balaban J connectivity index is 1.72. The summed E-state index contributed by atoms with van der Waals surface area (Å²) >= 11 is 0. The Bertz CT molecular complexity index is 767. The molecule has 2 aromatic rings. The van der Waals surface area contributed by atoms with Gasteiger partial charge < -0.3 is 10.1 Å². The molecule has 2 aromatic carbocycles. The van der Waals surface area contributed by atoms with Gasteiger partial charge in [0.15, 0.2) is 6.10 Å². The molecule has 0 unspecified atom stereocenters. The predicted octanol–water partition coefficient (Wildman–Crippen LogP) is 5.48. The highest BCUT2D eigenvalue weighted by Crippen LogP contribution is 2.27. The van der Waals surface area contributed by atoms with Gasteiger partial charge in [-0.25, -0.2) is 0 Å². The minimum atomic E-state index is -0.489. The standard InChI is InChI=1S/C23H29NO2/c1-4-22(23(25)24-21-12-8-7-11-20(21)16(2)3)26-19-14-13-17-9-5-6-10-18(17)15-19/h7-8,11-16,22H,4-6,9-10H2,1-3H3,(H,24,25)/t22-/m1/s1. The summed E-state index contributed by atoms with van der Waals surface area (Å²) in [7, 11) is 0. The SMILES string of the molecule is CC[C@@H](Oc1ccc2c(c1)CCCC2)C(=O)Nc1ccccc1C(C)C. The van der Waals surface area contributed by atoms with Crippen LogP contribution in [-0.4, -0.2) is 12.0 Å². The molecular formula is C23H29NO2. The van der Waals surface area contributed by atoms with Crippen LogP contribution in [0.5, 0.6) is 5.75 Å². The van der Waals surface area contributed by atoms with Crippen molar-refractivity contribution in [2.45, 2.75) is 64.9 Å². The van der Waals surface area contributed by atoms with E-state index in [-0.39, 0.29) is 5.91 Å². The van der Waals surface area contributed by atoms with Crippen molar-refractivity contribution < 1.29 is 9.53 Å². The summed E-state index contributed by atoms with van der Waals surface area (Å²) in [6.07, 6.45) is 4.91. The number of aryl methyl sites for hydroxylation is 2. The lowest BCUT2D eigenvalue weighted by atomic mass is 9.92. The van der Waals surface area contributed by atoms with E-state index in [1.165, 1.54) is 24.0 Å². The summed E-state index contributed by atoms with van der Waals surface area (Å²) in [6, 6.07) is 14.3. The van der Waals surface area contributed by atoms with Crippen LogP contribution in [0.4, 0.5) is 5.69 Å². The van der Waals surface area contributed by atoms with Gasteiger partial charge in [0.1, 0.15) is 5.75 Å². The Morgan fingerprint density at radius 3 is 2.54 bits per heavy atom. The number of hydrogen-bond donors (Lipinski definition) is 1. The maximum absolute atomic E-state index is 12.8. The summed E-state index contributed by atoms with van der Waals surface area (Å²) in [6.45, 7) is 6.24. The van der Waals surface area contributed by atoms with E-state index in [0.29, 0.717) is 12.3 Å². The molecule has 1 aliphatic carbocycles. The van der Waals surface area contributed by atoms with E-state index in [9.17, 15) is 4.79 Å². The van der Waals surface area contributed by atoms with E-state index in [0.717, 1.165) is 29.8 Å². The second-order valence-electron chi connectivity index (χ2n) is 7.38. The van der Waals surface area contributed by atoms with Crippen molar-refractivity contribution in [1.82, 2.24) is 0 Å². The fraction of sp³-hybridized carbons (Fsp3) is 0.435. The summed E-state index contributed by atoms with van der Waals surface area (Å²) in [5.74, 6) is 1.07. The van der Waals surface area contributed by atoms with Crippen molar-refractivity contribution in [2.75, 3.05) is 5.32 Å². The number of hydrogen-bond acceptors (Lipinski definition) is 2. The van der Waals surface area contributed by atoms with Crippen molar-refractivity contribution in [3.63, 3.8) is 0 Å². The summed E-state index contributed by atoms with van der Waals surface area (Å²) in [4.78, 5) is 12.8. The molecule has 26 heavy (non-hydrogen) atoms. The van der Waals surface area contributed by atoms with Crippen molar-refractivity contribution in [3.05, 3.63) is 59.2 Å². The topological polar surface area (TPSA) is 38.3 Å². The zero-order valence-electron chi connectivity index (χ0n) is 16.0. The van der Waals surface area contributed by atoms with Gasteiger partial charge in [-0.05, 0) is 72.9 Å². The van der Waals surface area contributed by atoms with Gasteiger partial charge in [0.25, 0.3) is 5.91 Å². The van der Waals surface area contributed by atoms with Gasteiger partial charge >= 0.3 is 0 Å². The van der Waals surface area contributed by atoms with Crippen LogP contribution in [0.3, 0.4) is 0 Å². The van der Waals surface area contributed by atoms with Crippen LogP contribution in [0.2, 0.25) is 0 Å². The second kappa shape index (κ2) is 8.39. The number of fused-ring (bicyclic) bond motifs is 1. The smallest absolute Gasteiger partial charge is 0.265 e. The van der Waals surface area contributed by atoms with Gasteiger partial charge in [0.05, 0.1) is 0 Å². The Labute approximate surface area is 156 Å². The van der Waals surface area contributed by atoms with Crippen LogP contribution in [0.15, 0.2) is 42.5 Å². The van der Waals surface area contributed by atoms with Crippen LogP contribution in [0.25, 0.3) is 0 Å². The third-order valence-corrected chi connectivity index (χ3v) is 5.10. The maximum atomic E-state index is 12.8. The van der Waals surface area contributed by atoms with Crippen LogP contribution in [0, 0.1) is 0 Å². The quantitative estimate of drug-likeness (QED) is 0.748. The normalized spacial score (nSPS) is 14.6. The number of rotatable bonds is 6. The van der Waals surface area contributed by atoms with E-state index in [2.05, 4.69) is 37.4 Å². The molecule has 3 heteroatoms. The first kappa shape index (κ1) is 18.5. The van der Waals surface area contributed by atoms with Crippen molar-refractivity contribution in [1.29, 1.82) is 0 Å². The minimum Gasteiger partial charge on any atom is -0.481 e. The lowest BCUT2D eigenvalue weighted by Gasteiger charge is -2.21. The fourth-order valence-corrected chi connectivity index (χ4v) is 3.60. The van der Waals surface area contributed by atoms with Crippen LogP contribution >= 0.6 is 0 Å². The molecule has 0 aliphatic heterocycles. The van der Waals surface area contributed by atoms with Gasteiger partial charge in [0, 0.05) is 5.69 Å². The lowest BCUT2D eigenvalue weighted by molar-refractivity contribution is -0.122. The molecule has 0 saturated heterocycles. The van der Waals surface area contributed by atoms with E-state index in [4.69, 9.17) is 4.74 Å². The van der Waals surface area contributed by atoms with Crippen LogP contribution in [0.1, 0.15) is 62.6 Å². The number of ether oxygens (including phenoxy) is 1. The van der Waals surface area contributed by atoms with Gasteiger partial charge in [-0.3, -0.25) is 4.79 Å². The van der Waals surface area contributed by atoms with Crippen LogP contribution < -0.4 is 10.1 Å². The third-order valence-electron chi connectivity index (χ3n) is 5.10. The highest BCUT2D eigenvalue weighted by Gasteiger charge is 2.21. The first-order valence-electron chi connectivity index (χ1n) is 9.76. The Hall–Kier alpha value is -2.29. The molecule has 138 valence electrons. The van der Waals surface area contributed by atoms with Gasteiger partial charge in [-0.1, -0.05) is 45.0 Å². The molecule has 1 N–H and O–H groups in total. The maximum Gasteiger partial charge on any atom is 0.265 e. The van der Waals surface area contributed by atoms with Crippen molar-refractivity contribution >= 4 is 11.6 Å². The molecule has 1 amide bonds. The van der Waals surface area contributed by atoms with Crippen molar-refractivity contribution in [3.8, 4) is 5.75 Å². The average Bonchev–Trinajstić information content (AvgIpc) is 2.66. The number of nitrogens with one attached hydrogen (secondary N) is 1. The Morgan fingerprint density at radius 1 is 1.08 bits per heavy atom. The molecule has 1 atom stereocenters. The molecule has 0 bridgehead atoms. The average molecular weight is 351 g/mol. The molecule has 0 radical (unpaired) electrons. The molecule has 0 saturated carbocycles. The summed E-state index contributed by atoms with van der Waals surface area (Å²) in [5, 5.41) is 3.06. The fourth-order valence-electron chi connectivity index (χ4n) is 3.60. The number of amides is 1. The molecule has 1 aliphatic rings. The van der Waals surface area contributed by atoms with Gasteiger partial charge in [0.2, 0.25) is 0 Å². The van der Waals surface area contributed by atoms with Gasteiger partial charge in [-0.2, -0.15) is 0 Å². The van der Waals surface area contributed by atoms with Crippen LogP contribution in [-0.2, 0) is 17.6 Å². The largest absolute Gasteiger partial charge is 0.481 e. The zero-order chi connectivity index (χ0) is 18.5. The Kier molecular flexibility index (Phi) is 5.97. The molecule has 3 rings (SSSR count). The molecule has 3 nitrogen and oxygen atoms in total. The van der Waals surface area contributed by atoms with E-state index < -0.39 is 6.10 Å². The number of benzene rings is 2. The second-order valence-corrected chi connectivity index (χ2v) is 7.38. The number of carbonyl (C=O) groups is 1. The Morgan fingerprint density at radius 2 is 1.81 bits per heavy atom. The monoisotopic (exact) mass is 351 g/mol. The van der Waals surface area contributed by atoms with E-state index in [1.54, 1.807) is 0 Å². The number of para-hydroxylation sites is 1. The third kappa shape index (κ3) is 4.27.